The summed E-state index contributed by atoms with van der Waals surface area (Å²) >= 11 is 7.63. The Morgan fingerprint density at radius 3 is 2.33 bits per heavy atom. The van der Waals surface area contributed by atoms with Gasteiger partial charge in [-0.3, -0.25) is 0 Å². The van der Waals surface area contributed by atoms with Crippen LogP contribution in [-0.2, 0) is 6.42 Å². The molecule has 0 unspecified atom stereocenters. The fourth-order valence-electron chi connectivity index (χ4n) is 3.56. The van der Waals surface area contributed by atoms with Crippen LogP contribution in [0, 0.1) is 0 Å². The van der Waals surface area contributed by atoms with Crippen molar-refractivity contribution < 1.29 is 9.47 Å². The van der Waals surface area contributed by atoms with Gasteiger partial charge in [0.1, 0.15) is 16.5 Å². The number of halogens is 1. The summed E-state index contributed by atoms with van der Waals surface area (Å²) in [5.41, 5.74) is 2.21. The Kier molecular flexibility index (Phi) is 6.59. The van der Waals surface area contributed by atoms with Gasteiger partial charge in [0.25, 0.3) is 0 Å². The van der Waals surface area contributed by atoms with E-state index in [2.05, 4.69) is 20.4 Å². The molecule has 0 saturated carbocycles. The quantitative estimate of drug-likeness (QED) is 0.560. The molecule has 3 aromatic rings. The molecule has 0 radical (unpaired) electrons. The summed E-state index contributed by atoms with van der Waals surface area (Å²) in [6, 6.07) is 14.2. The fraction of sp³-hybridized carbons (Fsp3) is 0.364. The number of piperidine rings is 1. The monoisotopic (exact) mass is 444 g/mol. The number of hydrogen-bond acceptors (Lipinski definition) is 7. The predicted molar refractivity (Wildman–Crippen MR) is 123 cm³/mol. The van der Waals surface area contributed by atoms with E-state index >= 15 is 0 Å². The van der Waals surface area contributed by atoms with Crippen LogP contribution in [0.25, 0.3) is 0 Å². The van der Waals surface area contributed by atoms with Crippen molar-refractivity contribution in [2.75, 3.05) is 37.5 Å². The van der Waals surface area contributed by atoms with Gasteiger partial charge >= 0.3 is 0 Å². The number of ether oxygens (including phenoxy) is 2. The molecule has 1 aliphatic rings. The summed E-state index contributed by atoms with van der Waals surface area (Å²) in [6.07, 6.45) is 2.85. The number of nitrogens with one attached hydrogen (secondary N) is 1. The second-order valence-electron chi connectivity index (χ2n) is 7.29. The molecule has 1 fully saturated rings. The van der Waals surface area contributed by atoms with Gasteiger partial charge in [0.2, 0.25) is 5.13 Å². The second kappa shape index (κ2) is 9.53. The van der Waals surface area contributed by atoms with Gasteiger partial charge in [0, 0.05) is 54.5 Å². The Labute approximate surface area is 185 Å². The molecule has 0 bridgehead atoms. The molecule has 1 saturated heterocycles. The van der Waals surface area contributed by atoms with Gasteiger partial charge in [0.05, 0.1) is 14.2 Å². The Balaban J connectivity index is 1.32. The highest BCUT2D eigenvalue weighted by atomic mass is 35.5. The Morgan fingerprint density at radius 2 is 1.70 bits per heavy atom. The van der Waals surface area contributed by atoms with Crippen LogP contribution in [-0.4, -0.2) is 43.5 Å². The molecule has 0 spiro atoms. The number of nitrogens with zero attached hydrogens (tertiary/aromatic N) is 3. The third-order valence-corrected chi connectivity index (χ3v) is 6.45. The van der Waals surface area contributed by atoms with Gasteiger partial charge in [-0.05, 0) is 30.5 Å². The van der Waals surface area contributed by atoms with Crippen LogP contribution in [0.3, 0.4) is 0 Å². The first-order valence-corrected chi connectivity index (χ1v) is 11.1. The molecule has 1 aliphatic heterocycles. The first kappa shape index (κ1) is 20.8. The lowest BCUT2D eigenvalue weighted by Crippen LogP contribution is -2.39. The van der Waals surface area contributed by atoms with Crippen LogP contribution in [0.15, 0.2) is 42.5 Å². The van der Waals surface area contributed by atoms with E-state index in [-0.39, 0.29) is 0 Å². The van der Waals surface area contributed by atoms with Gasteiger partial charge < -0.3 is 19.7 Å². The van der Waals surface area contributed by atoms with Crippen molar-refractivity contribution in [3.8, 4) is 11.5 Å². The summed E-state index contributed by atoms with van der Waals surface area (Å²) in [5, 5.41) is 15.2. The lowest BCUT2D eigenvalue weighted by Gasteiger charge is -2.32. The van der Waals surface area contributed by atoms with Crippen molar-refractivity contribution in [1.29, 1.82) is 0 Å². The van der Waals surface area contributed by atoms with Crippen molar-refractivity contribution in [3.63, 3.8) is 0 Å². The van der Waals surface area contributed by atoms with E-state index < -0.39 is 0 Å². The lowest BCUT2D eigenvalue weighted by atomic mass is 10.0. The fourth-order valence-corrected chi connectivity index (χ4v) is 4.61. The first-order chi connectivity index (χ1) is 14.6. The van der Waals surface area contributed by atoms with Gasteiger partial charge in [-0.1, -0.05) is 35.1 Å². The highest BCUT2D eigenvalue weighted by Crippen LogP contribution is 2.29. The summed E-state index contributed by atoms with van der Waals surface area (Å²) in [7, 11) is 3.33. The maximum atomic E-state index is 5.96. The smallest absolute Gasteiger partial charge is 0.208 e. The van der Waals surface area contributed by atoms with Crippen LogP contribution in [0.5, 0.6) is 11.5 Å². The molecule has 2 heterocycles. The van der Waals surface area contributed by atoms with Crippen molar-refractivity contribution >= 4 is 33.8 Å². The number of hydrogen-bond donors (Lipinski definition) is 1. The third-order valence-electron chi connectivity index (χ3n) is 5.21. The van der Waals surface area contributed by atoms with Gasteiger partial charge in [-0.15, -0.1) is 10.2 Å². The van der Waals surface area contributed by atoms with E-state index in [0.29, 0.717) is 6.04 Å². The average Bonchev–Trinajstić information content (AvgIpc) is 3.24. The summed E-state index contributed by atoms with van der Waals surface area (Å²) in [6.45, 7) is 1.91. The van der Waals surface area contributed by atoms with Crippen molar-refractivity contribution in [2.45, 2.75) is 25.3 Å². The molecular formula is C22H25ClN4O2S. The van der Waals surface area contributed by atoms with Crippen LogP contribution in [0.1, 0.15) is 23.4 Å². The van der Waals surface area contributed by atoms with E-state index in [1.807, 2.05) is 42.5 Å². The van der Waals surface area contributed by atoms with E-state index in [1.165, 1.54) is 5.56 Å². The Morgan fingerprint density at radius 1 is 1.03 bits per heavy atom. The molecule has 6 nitrogen and oxygen atoms in total. The zero-order valence-corrected chi connectivity index (χ0v) is 18.7. The van der Waals surface area contributed by atoms with Crippen LogP contribution >= 0.6 is 22.9 Å². The molecule has 4 rings (SSSR count). The number of anilines is 2. The maximum absolute atomic E-state index is 5.96. The summed E-state index contributed by atoms with van der Waals surface area (Å²) in [5.74, 6) is 1.58. The second-order valence-corrected chi connectivity index (χ2v) is 8.77. The zero-order chi connectivity index (χ0) is 20.9. The molecule has 1 N–H and O–H groups in total. The Hall–Kier alpha value is -2.51. The predicted octanol–water partition coefficient (Wildman–Crippen LogP) is 4.88. The highest BCUT2D eigenvalue weighted by molar-refractivity contribution is 7.15. The molecule has 8 heteroatoms. The van der Waals surface area contributed by atoms with Gasteiger partial charge in [-0.25, -0.2) is 0 Å². The van der Waals surface area contributed by atoms with Crippen molar-refractivity contribution in [2.24, 2.45) is 0 Å². The molecule has 30 heavy (non-hydrogen) atoms. The minimum Gasteiger partial charge on any atom is -0.497 e. The van der Waals surface area contributed by atoms with Crippen LogP contribution in [0.2, 0.25) is 5.02 Å². The van der Waals surface area contributed by atoms with Crippen LogP contribution < -0.4 is 19.7 Å². The van der Waals surface area contributed by atoms with Crippen molar-refractivity contribution in [1.82, 2.24) is 10.2 Å². The van der Waals surface area contributed by atoms with Crippen molar-refractivity contribution in [3.05, 3.63) is 58.1 Å². The highest BCUT2D eigenvalue weighted by Gasteiger charge is 2.22. The number of rotatable bonds is 7. The SMILES string of the molecule is COc1cc(NC2CCN(c3nnc(Cc4ccc(Cl)cc4)s3)CC2)cc(OC)c1. The molecule has 158 valence electrons. The molecule has 2 aromatic carbocycles. The van der Waals surface area contributed by atoms with E-state index in [1.54, 1.807) is 25.6 Å². The molecule has 0 atom stereocenters. The normalized spacial score (nSPS) is 14.6. The van der Waals surface area contributed by atoms with Gasteiger partial charge in [0.15, 0.2) is 0 Å². The van der Waals surface area contributed by atoms with Gasteiger partial charge in [-0.2, -0.15) is 0 Å². The number of methoxy groups -OCH3 is 2. The van der Waals surface area contributed by atoms with Crippen LogP contribution in [0.4, 0.5) is 10.8 Å². The Bertz CT molecular complexity index is 949. The minimum atomic E-state index is 0.402. The summed E-state index contributed by atoms with van der Waals surface area (Å²) in [4.78, 5) is 2.33. The minimum absolute atomic E-state index is 0.402. The third kappa shape index (κ3) is 5.15. The number of benzene rings is 2. The van der Waals surface area contributed by atoms with E-state index in [0.717, 1.165) is 64.7 Å². The first-order valence-electron chi connectivity index (χ1n) is 9.94. The largest absolute Gasteiger partial charge is 0.497 e. The standard InChI is InChI=1S/C22H25ClN4O2S/c1-28-19-12-18(13-20(14-19)29-2)24-17-7-9-27(10-8-17)22-26-25-21(30-22)11-15-3-5-16(23)6-4-15/h3-6,12-14,17,24H,7-11H2,1-2H3. The molecule has 0 amide bonds. The molecule has 0 aliphatic carbocycles. The zero-order valence-electron chi connectivity index (χ0n) is 17.1. The average molecular weight is 445 g/mol. The number of aromatic nitrogens is 2. The lowest BCUT2D eigenvalue weighted by molar-refractivity contribution is 0.394. The molecule has 1 aromatic heterocycles. The molecular weight excluding hydrogens is 420 g/mol. The topological polar surface area (TPSA) is 59.5 Å². The summed E-state index contributed by atoms with van der Waals surface area (Å²) < 4.78 is 10.7. The maximum Gasteiger partial charge on any atom is 0.208 e. The van der Waals surface area contributed by atoms with E-state index in [4.69, 9.17) is 21.1 Å². The van der Waals surface area contributed by atoms with E-state index in [9.17, 15) is 0 Å².